The van der Waals surface area contributed by atoms with E-state index in [2.05, 4.69) is 0 Å². The molecular weight excluding hydrogens is 167 g/mol. The van der Waals surface area contributed by atoms with E-state index in [4.69, 9.17) is 5.73 Å². The van der Waals surface area contributed by atoms with Gasteiger partial charge in [0.1, 0.15) is 5.82 Å². The lowest BCUT2D eigenvalue weighted by Crippen LogP contribution is -2.08. The van der Waals surface area contributed by atoms with Crippen LogP contribution < -0.4 is 5.73 Å². The summed E-state index contributed by atoms with van der Waals surface area (Å²) >= 11 is 0. The van der Waals surface area contributed by atoms with Gasteiger partial charge < -0.3 is 5.73 Å². The van der Waals surface area contributed by atoms with Gasteiger partial charge in [0, 0.05) is 17.7 Å². The molecular formula is C8H8F3N. The van der Waals surface area contributed by atoms with E-state index >= 15 is 0 Å². The average Bonchev–Trinajstić information content (AvgIpc) is 1.96. The minimum atomic E-state index is -1.20. The predicted octanol–water partition coefficient (Wildman–Crippen LogP) is 2.12. The smallest absolute Gasteiger partial charge is 0.161 e. The van der Waals surface area contributed by atoms with E-state index in [9.17, 15) is 13.2 Å². The lowest BCUT2D eigenvalue weighted by molar-refractivity contribution is 0.486. The molecule has 2 N–H and O–H groups in total. The summed E-state index contributed by atoms with van der Waals surface area (Å²) in [6, 6.07) is 0.628. The second-order valence-electron chi connectivity index (χ2n) is 2.58. The van der Waals surface area contributed by atoms with Crippen molar-refractivity contribution in [2.45, 2.75) is 13.0 Å². The molecule has 4 heteroatoms. The standard InChI is InChI=1S/C8H8F3N/c1-4(12)5-2-7(10)8(11)3-6(5)9/h2-4H,12H2,1H3. The van der Waals surface area contributed by atoms with E-state index in [1.54, 1.807) is 0 Å². The van der Waals surface area contributed by atoms with Gasteiger partial charge in [-0.25, -0.2) is 13.2 Å². The van der Waals surface area contributed by atoms with Crippen molar-refractivity contribution in [3.05, 3.63) is 35.1 Å². The highest BCUT2D eigenvalue weighted by atomic mass is 19.2. The van der Waals surface area contributed by atoms with Gasteiger partial charge in [0.15, 0.2) is 11.6 Å². The van der Waals surface area contributed by atoms with Crippen LogP contribution in [0.1, 0.15) is 18.5 Å². The summed E-state index contributed by atoms with van der Waals surface area (Å²) in [6.45, 7) is 1.50. The molecule has 0 aliphatic heterocycles. The maximum atomic E-state index is 12.8. The van der Waals surface area contributed by atoms with Crippen LogP contribution in [0.2, 0.25) is 0 Å². The van der Waals surface area contributed by atoms with Gasteiger partial charge in [0.2, 0.25) is 0 Å². The summed E-state index contributed by atoms with van der Waals surface area (Å²) in [7, 11) is 0. The molecule has 0 aliphatic rings. The van der Waals surface area contributed by atoms with Crippen LogP contribution in [0.25, 0.3) is 0 Å². The third-order valence-corrected chi connectivity index (χ3v) is 1.53. The van der Waals surface area contributed by atoms with Crippen LogP contribution in [0.4, 0.5) is 13.2 Å². The molecule has 66 valence electrons. The Morgan fingerprint density at radius 3 is 2.08 bits per heavy atom. The minimum absolute atomic E-state index is 0.0195. The van der Waals surface area contributed by atoms with Gasteiger partial charge in [0.05, 0.1) is 0 Å². The Morgan fingerprint density at radius 1 is 1.08 bits per heavy atom. The lowest BCUT2D eigenvalue weighted by Gasteiger charge is -2.06. The second-order valence-corrected chi connectivity index (χ2v) is 2.58. The number of nitrogens with two attached hydrogens (primary N) is 1. The van der Waals surface area contributed by atoms with Crippen molar-refractivity contribution in [3.8, 4) is 0 Å². The third kappa shape index (κ3) is 1.58. The highest BCUT2D eigenvalue weighted by Crippen LogP contribution is 2.18. The molecule has 0 aliphatic carbocycles. The Hall–Kier alpha value is -1.03. The van der Waals surface area contributed by atoms with Crippen LogP contribution in [0, 0.1) is 17.5 Å². The SMILES string of the molecule is CC(N)c1cc(F)c(F)cc1F. The van der Waals surface area contributed by atoms with E-state index < -0.39 is 23.5 Å². The molecule has 0 radical (unpaired) electrons. The number of hydrogen-bond acceptors (Lipinski definition) is 1. The van der Waals surface area contributed by atoms with Crippen LogP contribution in [0.3, 0.4) is 0 Å². The number of rotatable bonds is 1. The van der Waals surface area contributed by atoms with Gasteiger partial charge in [-0.1, -0.05) is 0 Å². The second kappa shape index (κ2) is 3.15. The number of benzene rings is 1. The molecule has 1 unspecified atom stereocenters. The normalized spacial score (nSPS) is 13.1. The molecule has 1 aromatic carbocycles. The Morgan fingerprint density at radius 2 is 1.58 bits per heavy atom. The van der Waals surface area contributed by atoms with Crippen molar-refractivity contribution in [2.75, 3.05) is 0 Å². The zero-order valence-corrected chi connectivity index (χ0v) is 6.44. The van der Waals surface area contributed by atoms with Crippen molar-refractivity contribution in [3.63, 3.8) is 0 Å². The summed E-state index contributed by atoms with van der Waals surface area (Å²) in [4.78, 5) is 0. The molecule has 1 nitrogen and oxygen atoms in total. The first kappa shape index (κ1) is 9.06. The fourth-order valence-corrected chi connectivity index (χ4v) is 0.887. The lowest BCUT2D eigenvalue weighted by atomic mass is 10.1. The van der Waals surface area contributed by atoms with Crippen molar-refractivity contribution in [1.29, 1.82) is 0 Å². The Balaban J connectivity index is 3.23. The number of halogens is 3. The molecule has 1 rings (SSSR count). The van der Waals surface area contributed by atoms with Crippen molar-refractivity contribution < 1.29 is 13.2 Å². The first-order valence-electron chi connectivity index (χ1n) is 3.42. The predicted molar refractivity (Wildman–Crippen MR) is 38.9 cm³/mol. The maximum absolute atomic E-state index is 12.8. The molecule has 0 amide bonds. The minimum Gasteiger partial charge on any atom is -0.324 e. The van der Waals surface area contributed by atoms with Crippen LogP contribution in [-0.2, 0) is 0 Å². The fraction of sp³-hybridized carbons (Fsp3) is 0.250. The van der Waals surface area contributed by atoms with Crippen LogP contribution >= 0.6 is 0 Å². The molecule has 0 bridgehead atoms. The Labute approximate surface area is 68.0 Å². The molecule has 0 saturated heterocycles. The monoisotopic (exact) mass is 175 g/mol. The van der Waals surface area contributed by atoms with Gasteiger partial charge in [-0.05, 0) is 13.0 Å². The van der Waals surface area contributed by atoms with Crippen molar-refractivity contribution >= 4 is 0 Å². The van der Waals surface area contributed by atoms with Crippen molar-refractivity contribution in [1.82, 2.24) is 0 Å². The Bertz CT molecular complexity index is 297. The molecule has 1 aromatic rings. The highest BCUT2D eigenvalue weighted by Gasteiger charge is 2.11. The summed E-state index contributed by atoms with van der Waals surface area (Å²) in [5, 5.41) is 0. The van der Waals surface area contributed by atoms with Crippen LogP contribution in [0.5, 0.6) is 0 Å². The third-order valence-electron chi connectivity index (χ3n) is 1.53. The van der Waals surface area contributed by atoms with Crippen molar-refractivity contribution in [2.24, 2.45) is 5.73 Å². The fourth-order valence-electron chi connectivity index (χ4n) is 0.887. The van der Waals surface area contributed by atoms with Gasteiger partial charge in [0.25, 0.3) is 0 Å². The van der Waals surface area contributed by atoms with E-state index in [0.717, 1.165) is 6.07 Å². The zero-order chi connectivity index (χ0) is 9.30. The van der Waals surface area contributed by atoms with Crippen LogP contribution in [0.15, 0.2) is 12.1 Å². The first-order valence-corrected chi connectivity index (χ1v) is 3.42. The van der Waals surface area contributed by atoms with E-state index in [0.29, 0.717) is 6.07 Å². The largest absolute Gasteiger partial charge is 0.324 e. The molecule has 0 spiro atoms. The van der Waals surface area contributed by atoms with Gasteiger partial charge in [-0.15, -0.1) is 0 Å². The van der Waals surface area contributed by atoms with Gasteiger partial charge in [-0.3, -0.25) is 0 Å². The van der Waals surface area contributed by atoms with Crippen LogP contribution in [-0.4, -0.2) is 0 Å². The summed E-state index contributed by atoms with van der Waals surface area (Å²) in [5.41, 5.74) is 5.28. The highest BCUT2D eigenvalue weighted by molar-refractivity contribution is 5.22. The topological polar surface area (TPSA) is 26.0 Å². The molecule has 0 saturated carbocycles. The molecule has 0 fully saturated rings. The first-order chi connectivity index (χ1) is 5.52. The zero-order valence-electron chi connectivity index (χ0n) is 6.44. The number of hydrogen-bond donors (Lipinski definition) is 1. The average molecular weight is 175 g/mol. The van der Waals surface area contributed by atoms with Gasteiger partial charge >= 0.3 is 0 Å². The quantitative estimate of drug-likeness (QED) is 0.650. The van der Waals surface area contributed by atoms with Gasteiger partial charge in [-0.2, -0.15) is 0 Å². The van der Waals surface area contributed by atoms with E-state index in [-0.39, 0.29) is 5.56 Å². The summed E-state index contributed by atoms with van der Waals surface area (Å²) in [6.07, 6.45) is 0. The maximum Gasteiger partial charge on any atom is 0.161 e. The summed E-state index contributed by atoms with van der Waals surface area (Å²) in [5.74, 6) is -3.09. The molecule has 0 aromatic heterocycles. The Kier molecular flexibility index (Phi) is 2.38. The molecule has 12 heavy (non-hydrogen) atoms. The molecule has 0 heterocycles. The summed E-state index contributed by atoms with van der Waals surface area (Å²) < 4.78 is 37.7. The molecule has 1 atom stereocenters. The van der Waals surface area contributed by atoms with E-state index in [1.165, 1.54) is 6.92 Å². The van der Waals surface area contributed by atoms with E-state index in [1.807, 2.05) is 0 Å².